The van der Waals surface area contributed by atoms with E-state index in [-0.39, 0.29) is 23.9 Å². The lowest BCUT2D eigenvalue weighted by molar-refractivity contribution is -0.0343. The van der Waals surface area contributed by atoms with E-state index in [1.54, 1.807) is 14.2 Å². The summed E-state index contributed by atoms with van der Waals surface area (Å²) in [7, 11) is 3.48. The molecule has 3 nitrogen and oxygen atoms in total. The van der Waals surface area contributed by atoms with Crippen LogP contribution in [0.5, 0.6) is 0 Å². The van der Waals surface area contributed by atoms with Crippen LogP contribution in [0.4, 0.5) is 0 Å². The summed E-state index contributed by atoms with van der Waals surface area (Å²) in [4.78, 5) is 12.3. The first-order valence-corrected chi connectivity index (χ1v) is 6.88. The van der Waals surface area contributed by atoms with Crippen molar-refractivity contribution in [3.8, 4) is 0 Å². The van der Waals surface area contributed by atoms with Crippen LogP contribution in [0.1, 0.15) is 36.0 Å². The Morgan fingerprint density at radius 2 is 1.89 bits per heavy atom. The van der Waals surface area contributed by atoms with Gasteiger partial charge in [-0.05, 0) is 25.2 Å². The van der Waals surface area contributed by atoms with Crippen LogP contribution in [-0.2, 0) is 9.47 Å². The van der Waals surface area contributed by atoms with Crippen LogP contribution in [0.2, 0.25) is 0 Å². The van der Waals surface area contributed by atoms with Crippen molar-refractivity contribution < 1.29 is 14.3 Å². The van der Waals surface area contributed by atoms with Gasteiger partial charge in [0.1, 0.15) is 0 Å². The SMILES string of the molecule is COC1CCC(OC)C(CC(=O)c2ccccc2)C1. The summed E-state index contributed by atoms with van der Waals surface area (Å²) in [6.45, 7) is 0. The highest BCUT2D eigenvalue weighted by Gasteiger charge is 2.32. The van der Waals surface area contributed by atoms with Crippen LogP contribution in [0.25, 0.3) is 0 Å². The highest BCUT2D eigenvalue weighted by molar-refractivity contribution is 5.96. The maximum atomic E-state index is 12.3. The number of ether oxygens (including phenoxy) is 2. The molecular weight excluding hydrogens is 240 g/mol. The topological polar surface area (TPSA) is 35.5 Å². The normalized spacial score (nSPS) is 27.2. The molecule has 1 aliphatic rings. The van der Waals surface area contributed by atoms with E-state index in [1.807, 2.05) is 30.3 Å². The predicted octanol–water partition coefficient (Wildman–Crippen LogP) is 3.09. The van der Waals surface area contributed by atoms with Gasteiger partial charge < -0.3 is 9.47 Å². The number of hydrogen-bond donors (Lipinski definition) is 0. The van der Waals surface area contributed by atoms with E-state index in [2.05, 4.69) is 0 Å². The second-order valence-electron chi connectivity index (χ2n) is 5.20. The third kappa shape index (κ3) is 3.64. The third-order valence-corrected chi connectivity index (χ3v) is 4.04. The summed E-state index contributed by atoms with van der Waals surface area (Å²) >= 11 is 0. The molecule has 3 atom stereocenters. The fraction of sp³-hybridized carbons (Fsp3) is 0.562. The van der Waals surface area contributed by atoms with Crippen molar-refractivity contribution >= 4 is 5.78 Å². The Bertz CT molecular complexity index is 402. The zero-order valence-electron chi connectivity index (χ0n) is 11.7. The van der Waals surface area contributed by atoms with E-state index in [1.165, 1.54) is 0 Å². The largest absolute Gasteiger partial charge is 0.381 e. The fourth-order valence-corrected chi connectivity index (χ4v) is 2.91. The minimum absolute atomic E-state index is 0.180. The lowest BCUT2D eigenvalue weighted by Gasteiger charge is -2.34. The Morgan fingerprint density at radius 1 is 1.16 bits per heavy atom. The van der Waals surface area contributed by atoms with Crippen LogP contribution in [0.15, 0.2) is 30.3 Å². The molecule has 19 heavy (non-hydrogen) atoms. The van der Waals surface area contributed by atoms with Crippen molar-refractivity contribution in [1.29, 1.82) is 0 Å². The Morgan fingerprint density at radius 3 is 2.53 bits per heavy atom. The molecule has 3 unspecified atom stereocenters. The standard InChI is InChI=1S/C16H22O3/c1-18-14-8-9-16(19-2)13(10-14)11-15(17)12-6-4-3-5-7-12/h3-7,13-14,16H,8-11H2,1-2H3. The van der Waals surface area contributed by atoms with Gasteiger partial charge in [0, 0.05) is 26.2 Å². The molecule has 1 fully saturated rings. The highest BCUT2D eigenvalue weighted by atomic mass is 16.5. The summed E-state index contributed by atoms with van der Waals surface area (Å²) in [5, 5.41) is 0. The molecule has 0 aromatic heterocycles. The van der Waals surface area contributed by atoms with Gasteiger partial charge in [0.25, 0.3) is 0 Å². The smallest absolute Gasteiger partial charge is 0.163 e. The van der Waals surface area contributed by atoms with E-state index < -0.39 is 0 Å². The number of methoxy groups -OCH3 is 2. The maximum Gasteiger partial charge on any atom is 0.163 e. The van der Waals surface area contributed by atoms with E-state index in [0.717, 1.165) is 24.8 Å². The molecule has 3 heteroatoms. The van der Waals surface area contributed by atoms with Gasteiger partial charge in [0.2, 0.25) is 0 Å². The van der Waals surface area contributed by atoms with E-state index >= 15 is 0 Å². The van der Waals surface area contributed by atoms with Gasteiger partial charge in [-0.2, -0.15) is 0 Å². The van der Waals surface area contributed by atoms with E-state index in [0.29, 0.717) is 6.42 Å². The highest BCUT2D eigenvalue weighted by Crippen LogP contribution is 2.31. The molecule has 104 valence electrons. The monoisotopic (exact) mass is 262 g/mol. The average Bonchev–Trinajstić information content (AvgIpc) is 2.48. The Balaban J connectivity index is 2.01. The van der Waals surface area contributed by atoms with Crippen molar-refractivity contribution in [3.63, 3.8) is 0 Å². The number of carbonyl (C=O) groups is 1. The molecule has 0 radical (unpaired) electrons. The number of carbonyl (C=O) groups excluding carboxylic acids is 1. The Labute approximate surface area is 114 Å². The summed E-state index contributed by atoms with van der Waals surface area (Å²) in [6, 6.07) is 9.48. The van der Waals surface area contributed by atoms with Crippen LogP contribution < -0.4 is 0 Å². The van der Waals surface area contributed by atoms with Crippen LogP contribution >= 0.6 is 0 Å². The van der Waals surface area contributed by atoms with Gasteiger partial charge in [-0.1, -0.05) is 30.3 Å². The number of hydrogen-bond acceptors (Lipinski definition) is 3. The first-order valence-electron chi connectivity index (χ1n) is 6.88. The van der Waals surface area contributed by atoms with Crippen molar-refractivity contribution in [1.82, 2.24) is 0 Å². The summed E-state index contributed by atoms with van der Waals surface area (Å²) in [5.74, 6) is 0.459. The van der Waals surface area contributed by atoms with E-state index in [4.69, 9.17) is 9.47 Å². The van der Waals surface area contributed by atoms with Crippen LogP contribution in [0.3, 0.4) is 0 Å². The molecule has 0 saturated heterocycles. The summed E-state index contributed by atoms with van der Waals surface area (Å²) in [6.07, 6.45) is 3.89. The molecule has 0 heterocycles. The molecule has 1 aliphatic carbocycles. The van der Waals surface area contributed by atoms with Gasteiger partial charge in [0.15, 0.2) is 5.78 Å². The van der Waals surface area contributed by atoms with Gasteiger partial charge in [0.05, 0.1) is 12.2 Å². The van der Waals surface area contributed by atoms with E-state index in [9.17, 15) is 4.79 Å². The summed E-state index contributed by atoms with van der Waals surface area (Å²) < 4.78 is 11.0. The number of Topliss-reactive ketones (excluding diaryl/α,β-unsaturated/α-hetero) is 1. The molecule has 0 aliphatic heterocycles. The quantitative estimate of drug-likeness (QED) is 0.765. The Kier molecular flexibility index (Phi) is 5.11. The van der Waals surface area contributed by atoms with Crippen molar-refractivity contribution in [2.24, 2.45) is 5.92 Å². The first-order chi connectivity index (χ1) is 9.24. The third-order valence-electron chi connectivity index (χ3n) is 4.04. The molecule has 2 rings (SSSR count). The lowest BCUT2D eigenvalue weighted by atomic mass is 9.80. The molecule has 1 aromatic rings. The van der Waals surface area contributed by atoms with Crippen molar-refractivity contribution in [2.75, 3.05) is 14.2 Å². The Hall–Kier alpha value is -1.19. The van der Waals surface area contributed by atoms with Crippen molar-refractivity contribution in [2.45, 2.75) is 37.9 Å². The molecule has 1 saturated carbocycles. The molecule has 0 amide bonds. The molecular formula is C16H22O3. The minimum atomic E-state index is 0.180. The van der Waals surface area contributed by atoms with Gasteiger partial charge in [-0.3, -0.25) is 4.79 Å². The predicted molar refractivity (Wildman–Crippen MR) is 74.3 cm³/mol. The summed E-state index contributed by atoms with van der Waals surface area (Å²) in [5.41, 5.74) is 0.789. The van der Waals surface area contributed by atoms with Crippen LogP contribution in [-0.4, -0.2) is 32.2 Å². The maximum absolute atomic E-state index is 12.3. The lowest BCUT2D eigenvalue weighted by Crippen LogP contribution is -2.35. The average molecular weight is 262 g/mol. The van der Waals surface area contributed by atoms with Gasteiger partial charge in [-0.15, -0.1) is 0 Å². The first kappa shape index (κ1) is 14.2. The van der Waals surface area contributed by atoms with Gasteiger partial charge >= 0.3 is 0 Å². The molecule has 0 bridgehead atoms. The van der Waals surface area contributed by atoms with Crippen LogP contribution in [0, 0.1) is 5.92 Å². The second kappa shape index (κ2) is 6.83. The van der Waals surface area contributed by atoms with Crippen molar-refractivity contribution in [3.05, 3.63) is 35.9 Å². The molecule has 1 aromatic carbocycles. The van der Waals surface area contributed by atoms with Gasteiger partial charge in [-0.25, -0.2) is 0 Å². The zero-order valence-corrected chi connectivity index (χ0v) is 11.7. The zero-order chi connectivity index (χ0) is 13.7. The number of ketones is 1. The molecule has 0 spiro atoms. The molecule has 0 N–H and O–H groups in total. The number of rotatable bonds is 5. The fourth-order valence-electron chi connectivity index (χ4n) is 2.91. The number of benzene rings is 1. The second-order valence-corrected chi connectivity index (χ2v) is 5.20. The minimum Gasteiger partial charge on any atom is -0.381 e.